The molecule has 2 aliphatic rings. The molecular weight excluding hydrogens is 180 g/mol. The SMILES string of the molecule is NC(c1cscn1)C1CC2CC2C1. The number of hydrogen-bond acceptors (Lipinski definition) is 3. The molecule has 0 bridgehead atoms. The highest BCUT2D eigenvalue weighted by molar-refractivity contribution is 7.07. The third-order valence-corrected chi connectivity index (χ3v) is 4.19. The van der Waals surface area contributed by atoms with Crippen LogP contribution in [0.2, 0.25) is 0 Å². The number of thiazole rings is 1. The summed E-state index contributed by atoms with van der Waals surface area (Å²) in [5, 5.41) is 2.09. The molecule has 0 saturated heterocycles. The lowest BCUT2D eigenvalue weighted by atomic mass is 9.93. The van der Waals surface area contributed by atoms with E-state index in [1.165, 1.54) is 19.3 Å². The Balaban J connectivity index is 1.72. The lowest BCUT2D eigenvalue weighted by Crippen LogP contribution is -2.20. The topological polar surface area (TPSA) is 38.9 Å². The van der Waals surface area contributed by atoms with Crippen LogP contribution in [0.1, 0.15) is 31.0 Å². The second-order valence-corrected chi connectivity index (χ2v) is 5.15. The van der Waals surface area contributed by atoms with Crippen LogP contribution in [0.15, 0.2) is 10.9 Å². The zero-order valence-corrected chi connectivity index (χ0v) is 8.33. The Bertz CT molecular complexity index is 286. The summed E-state index contributed by atoms with van der Waals surface area (Å²) in [6, 6.07) is 0.207. The summed E-state index contributed by atoms with van der Waals surface area (Å²) in [5.41, 5.74) is 9.16. The summed E-state index contributed by atoms with van der Waals surface area (Å²) in [5.74, 6) is 2.76. The van der Waals surface area contributed by atoms with Crippen molar-refractivity contribution in [2.75, 3.05) is 0 Å². The van der Waals surface area contributed by atoms with Crippen molar-refractivity contribution in [2.24, 2.45) is 23.5 Å². The second-order valence-electron chi connectivity index (χ2n) is 4.43. The molecule has 1 heterocycles. The van der Waals surface area contributed by atoms with Crippen LogP contribution in [0.25, 0.3) is 0 Å². The molecule has 3 atom stereocenters. The van der Waals surface area contributed by atoms with Crippen molar-refractivity contribution in [3.8, 4) is 0 Å². The van der Waals surface area contributed by atoms with Gasteiger partial charge in [0.05, 0.1) is 17.2 Å². The summed E-state index contributed by atoms with van der Waals surface area (Å²) >= 11 is 1.65. The molecule has 1 aromatic rings. The van der Waals surface area contributed by atoms with Crippen LogP contribution in [0.4, 0.5) is 0 Å². The van der Waals surface area contributed by atoms with E-state index in [1.807, 2.05) is 5.51 Å². The average Bonchev–Trinajstić information content (AvgIpc) is 2.63. The van der Waals surface area contributed by atoms with Gasteiger partial charge in [0.15, 0.2) is 0 Å². The van der Waals surface area contributed by atoms with E-state index in [1.54, 1.807) is 11.3 Å². The molecule has 2 fully saturated rings. The number of nitrogens with zero attached hydrogens (tertiary/aromatic N) is 1. The Morgan fingerprint density at radius 1 is 1.38 bits per heavy atom. The van der Waals surface area contributed by atoms with E-state index < -0.39 is 0 Å². The van der Waals surface area contributed by atoms with Gasteiger partial charge >= 0.3 is 0 Å². The molecule has 0 aromatic carbocycles. The van der Waals surface area contributed by atoms with Crippen LogP contribution >= 0.6 is 11.3 Å². The fourth-order valence-corrected chi connectivity index (χ4v) is 3.28. The highest BCUT2D eigenvalue weighted by atomic mass is 32.1. The molecule has 1 aromatic heterocycles. The summed E-state index contributed by atoms with van der Waals surface area (Å²) in [6.45, 7) is 0. The van der Waals surface area contributed by atoms with Crippen molar-refractivity contribution >= 4 is 11.3 Å². The van der Waals surface area contributed by atoms with Gasteiger partial charge in [-0.25, -0.2) is 4.98 Å². The largest absolute Gasteiger partial charge is 0.322 e. The maximum absolute atomic E-state index is 6.17. The first-order valence-corrected chi connectivity index (χ1v) is 5.92. The molecule has 2 nitrogen and oxygen atoms in total. The molecule has 70 valence electrons. The molecule has 3 heteroatoms. The third kappa shape index (κ3) is 1.30. The smallest absolute Gasteiger partial charge is 0.0795 e. The summed E-state index contributed by atoms with van der Waals surface area (Å²) < 4.78 is 0. The fourth-order valence-electron chi connectivity index (χ4n) is 2.68. The molecule has 0 spiro atoms. The quantitative estimate of drug-likeness (QED) is 0.783. The van der Waals surface area contributed by atoms with E-state index in [2.05, 4.69) is 10.4 Å². The molecule has 13 heavy (non-hydrogen) atoms. The second kappa shape index (κ2) is 2.79. The van der Waals surface area contributed by atoms with Crippen LogP contribution in [0, 0.1) is 17.8 Å². The Hall–Kier alpha value is -0.410. The number of fused-ring (bicyclic) bond motifs is 1. The van der Waals surface area contributed by atoms with E-state index in [9.17, 15) is 0 Å². The van der Waals surface area contributed by atoms with E-state index in [-0.39, 0.29) is 6.04 Å². The highest BCUT2D eigenvalue weighted by Crippen LogP contribution is 2.56. The average molecular weight is 194 g/mol. The van der Waals surface area contributed by atoms with Crippen LogP contribution in [0.3, 0.4) is 0 Å². The minimum Gasteiger partial charge on any atom is -0.322 e. The molecule has 2 aliphatic carbocycles. The normalized spacial score (nSPS) is 38.7. The van der Waals surface area contributed by atoms with Crippen molar-refractivity contribution in [3.63, 3.8) is 0 Å². The number of aromatic nitrogens is 1. The molecule has 0 amide bonds. The predicted octanol–water partition coefficient (Wildman–Crippen LogP) is 2.19. The first-order valence-electron chi connectivity index (χ1n) is 4.98. The number of nitrogens with two attached hydrogens (primary N) is 1. The molecule has 3 unspecified atom stereocenters. The van der Waals surface area contributed by atoms with Gasteiger partial charge in [0, 0.05) is 5.38 Å². The number of hydrogen-bond donors (Lipinski definition) is 1. The molecule has 2 saturated carbocycles. The standard InChI is InChI=1S/C10H14N2S/c11-10(9-4-13-5-12-9)8-2-6-1-7(6)3-8/h4-8,10H,1-3,11H2. The van der Waals surface area contributed by atoms with Crippen molar-refractivity contribution in [1.82, 2.24) is 4.98 Å². The van der Waals surface area contributed by atoms with Crippen molar-refractivity contribution in [2.45, 2.75) is 25.3 Å². The van der Waals surface area contributed by atoms with Gasteiger partial charge in [-0.3, -0.25) is 0 Å². The van der Waals surface area contributed by atoms with Crippen molar-refractivity contribution < 1.29 is 0 Å². The minimum absolute atomic E-state index is 0.207. The highest BCUT2D eigenvalue weighted by Gasteiger charge is 2.47. The summed E-state index contributed by atoms with van der Waals surface area (Å²) in [7, 11) is 0. The van der Waals surface area contributed by atoms with Gasteiger partial charge in [0.25, 0.3) is 0 Å². The van der Waals surface area contributed by atoms with Gasteiger partial charge in [0.1, 0.15) is 0 Å². The first kappa shape index (κ1) is 7.94. The molecular formula is C10H14N2S. The maximum Gasteiger partial charge on any atom is 0.0795 e. The Morgan fingerprint density at radius 3 is 2.77 bits per heavy atom. The van der Waals surface area contributed by atoms with Crippen LogP contribution in [-0.4, -0.2) is 4.98 Å². The molecule has 0 radical (unpaired) electrons. The predicted molar refractivity (Wildman–Crippen MR) is 53.4 cm³/mol. The monoisotopic (exact) mass is 194 g/mol. The summed E-state index contributed by atoms with van der Waals surface area (Å²) in [6.07, 6.45) is 4.17. The lowest BCUT2D eigenvalue weighted by molar-refractivity contribution is 0.399. The Kier molecular flexibility index (Phi) is 1.70. The van der Waals surface area contributed by atoms with Crippen LogP contribution < -0.4 is 5.73 Å². The Labute approximate surface area is 82.2 Å². The van der Waals surface area contributed by atoms with Crippen molar-refractivity contribution in [3.05, 3.63) is 16.6 Å². The van der Waals surface area contributed by atoms with E-state index in [4.69, 9.17) is 5.73 Å². The zero-order chi connectivity index (χ0) is 8.84. The maximum atomic E-state index is 6.17. The molecule has 3 rings (SSSR count). The van der Waals surface area contributed by atoms with Gasteiger partial charge in [-0.2, -0.15) is 0 Å². The fraction of sp³-hybridized carbons (Fsp3) is 0.700. The first-order chi connectivity index (χ1) is 6.34. The van der Waals surface area contributed by atoms with Gasteiger partial charge in [-0.1, -0.05) is 0 Å². The third-order valence-electron chi connectivity index (χ3n) is 3.58. The van der Waals surface area contributed by atoms with Gasteiger partial charge in [-0.15, -0.1) is 11.3 Å². The summed E-state index contributed by atoms with van der Waals surface area (Å²) in [4.78, 5) is 4.29. The van der Waals surface area contributed by atoms with Gasteiger partial charge in [0.2, 0.25) is 0 Å². The zero-order valence-electron chi connectivity index (χ0n) is 7.52. The van der Waals surface area contributed by atoms with E-state index >= 15 is 0 Å². The minimum atomic E-state index is 0.207. The molecule has 0 aliphatic heterocycles. The van der Waals surface area contributed by atoms with Crippen molar-refractivity contribution in [1.29, 1.82) is 0 Å². The van der Waals surface area contributed by atoms with Crippen LogP contribution in [-0.2, 0) is 0 Å². The van der Waals surface area contributed by atoms with E-state index in [0.717, 1.165) is 17.5 Å². The van der Waals surface area contributed by atoms with E-state index in [0.29, 0.717) is 5.92 Å². The number of rotatable bonds is 2. The Morgan fingerprint density at radius 2 is 2.15 bits per heavy atom. The molecule has 2 N–H and O–H groups in total. The van der Waals surface area contributed by atoms with Gasteiger partial charge in [-0.05, 0) is 37.0 Å². The van der Waals surface area contributed by atoms with Gasteiger partial charge < -0.3 is 5.73 Å². The van der Waals surface area contributed by atoms with Crippen LogP contribution in [0.5, 0.6) is 0 Å². The lowest BCUT2D eigenvalue weighted by Gasteiger charge is -2.18.